The summed E-state index contributed by atoms with van der Waals surface area (Å²) in [4.78, 5) is 12.2. The van der Waals surface area contributed by atoms with E-state index in [0.29, 0.717) is 5.56 Å². The number of hydrogen-bond acceptors (Lipinski definition) is 4. The minimum atomic E-state index is -1.66. The van der Waals surface area contributed by atoms with Crippen molar-refractivity contribution in [1.29, 1.82) is 0 Å². The van der Waals surface area contributed by atoms with E-state index in [1.54, 1.807) is 12.1 Å². The first kappa shape index (κ1) is 12.8. The van der Waals surface area contributed by atoms with Crippen LogP contribution in [-0.2, 0) is 14.2 Å². The molecular formula is C12H16O4. The van der Waals surface area contributed by atoms with E-state index in [2.05, 4.69) is 0 Å². The molecule has 0 radical (unpaired) electrons. The van der Waals surface area contributed by atoms with Gasteiger partial charge in [-0.25, -0.2) is 0 Å². The SMILES string of the molecule is COC(OC)(OC)C(=O)c1ccccc1C. The number of aryl methyl sites for hydroxylation is 1. The minimum Gasteiger partial charge on any atom is -0.324 e. The lowest BCUT2D eigenvalue weighted by atomic mass is 10.0. The highest BCUT2D eigenvalue weighted by molar-refractivity contribution is 6.01. The van der Waals surface area contributed by atoms with E-state index in [1.807, 2.05) is 19.1 Å². The zero-order valence-electron chi connectivity index (χ0n) is 9.94. The first-order chi connectivity index (χ1) is 7.61. The normalized spacial score (nSPS) is 11.5. The number of carbonyl (C=O) groups excluding carboxylic acids is 1. The Hall–Kier alpha value is -1.23. The van der Waals surface area contributed by atoms with Gasteiger partial charge in [-0.1, -0.05) is 24.3 Å². The van der Waals surface area contributed by atoms with Gasteiger partial charge in [0, 0.05) is 26.9 Å². The second-order valence-electron chi connectivity index (χ2n) is 3.31. The minimum absolute atomic E-state index is 0.349. The lowest BCUT2D eigenvalue weighted by Crippen LogP contribution is -2.44. The Morgan fingerprint density at radius 2 is 1.56 bits per heavy atom. The third kappa shape index (κ3) is 2.14. The van der Waals surface area contributed by atoms with Crippen LogP contribution in [-0.4, -0.2) is 33.1 Å². The van der Waals surface area contributed by atoms with Crippen LogP contribution in [0.25, 0.3) is 0 Å². The number of Topliss-reactive ketones (excluding diaryl/α,β-unsaturated/α-hetero) is 1. The van der Waals surface area contributed by atoms with Gasteiger partial charge in [-0.05, 0) is 12.5 Å². The molecule has 0 bridgehead atoms. The molecule has 0 aromatic heterocycles. The average Bonchev–Trinajstić information content (AvgIpc) is 2.32. The topological polar surface area (TPSA) is 44.8 Å². The zero-order valence-corrected chi connectivity index (χ0v) is 9.94. The Labute approximate surface area is 95.1 Å². The fourth-order valence-corrected chi connectivity index (χ4v) is 1.52. The molecule has 0 aliphatic carbocycles. The highest BCUT2D eigenvalue weighted by Crippen LogP contribution is 2.21. The molecule has 0 unspecified atom stereocenters. The van der Waals surface area contributed by atoms with Crippen molar-refractivity contribution in [2.75, 3.05) is 21.3 Å². The quantitative estimate of drug-likeness (QED) is 0.565. The van der Waals surface area contributed by atoms with Crippen LogP contribution >= 0.6 is 0 Å². The monoisotopic (exact) mass is 224 g/mol. The number of rotatable bonds is 5. The van der Waals surface area contributed by atoms with Gasteiger partial charge in [-0.15, -0.1) is 0 Å². The predicted octanol–water partition coefficient (Wildman–Crippen LogP) is 1.77. The molecule has 0 heterocycles. The summed E-state index contributed by atoms with van der Waals surface area (Å²) >= 11 is 0. The third-order valence-corrected chi connectivity index (χ3v) is 2.47. The molecule has 16 heavy (non-hydrogen) atoms. The lowest BCUT2D eigenvalue weighted by Gasteiger charge is -2.27. The summed E-state index contributed by atoms with van der Waals surface area (Å²) in [6.07, 6.45) is 0. The second kappa shape index (κ2) is 5.21. The van der Waals surface area contributed by atoms with Crippen molar-refractivity contribution in [3.8, 4) is 0 Å². The Morgan fingerprint density at radius 3 is 2.00 bits per heavy atom. The molecule has 0 fully saturated rings. The summed E-state index contributed by atoms with van der Waals surface area (Å²) in [6, 6.07) is 7.20. The smallest absolute Gasteiger partial charge is 0.324 e. The van der Waals surface area contributed by atoms with Crippen molar-refractivity contribution in [2.45, 2.75) is 12.9 Å². The Morgan fingerprint density at radius 1 is 1.06 bits per heavy atom. The number of hydrogen-bond donors (Lipinski definition) is 0. The first-order valence-electron chi connectivity index (χ1n) is 4.87. The maximum Gasteiger partial charge on any atom is 0.350 e. The highest BCUT2D eigenvalue weighted by atomic mass is 16.9. The Bertz CT molecular complexity index is 361. The highest BCUT2D eigenvalue weighted by Gasteiger charge is 2.40. The van der Waals surface area contributed by atoms with E-state index in [1.165, 1.54) is 21.3 Å². The van der Waals surface area contributed by atoms with Gasteiger partial charge in [0.15, 0.2) is 0 Å². The Balaban J connectivity index is 3.14. The maximum atomic E-state index is 12.2. The fraction of sp³-hybridized carbons (Fsp3) is 0.417. The summed E-state index contributed by atoms with van der Waals surface area (Å²) in [5.41, 5.74) is 1.37. The van der Waals surface area contributed by atoms with E-state index in [9.17, 15) is 4.79 Å². The van der Waals surface area contributed by atoms with E-state index >= 15 is 0 Å². The molecular weight excluding hydrogens is 208 g/mol. The number of benzene rings is 1. The van der Waals surface area contributed by atoms with Crippen molar-refractivity contribution in [3.63, 3.8) is 0 Å². The molecule has 1 aromatic carbocycles. The summed E-state index contributed by atoms with van der Waals surface area (Å²) in [7, 11) is 4.09. The molecule has 0 N–H and O–H groups in total. The molecule has 0 aliphatic rings. The van der Waals surface area contributed by atoms with Crippen LogP contribution in [0.4, 0.5) is 0 Å². The summed E-state index contributed by atoms with van der Waals surface area (Å²) in [6.45, 7) is 1.85. The van der Waals surface area contributed by atoms with E-state index in [4.69, 9.17) is 14.2 Å². The van der Waals surface area contributed by atoms with E-state index < -0.39 is 5.97 Å². The van der Waals surface area contributed by atoms with E-state index in [0.717, 1.165) is 5.56 Å². The van der Waals surface area contributed by atoms with Crippen LogP contribution in [0.3, 0.4) is 0 Å². The molecule has 4 heteroatoms. The molecule has 1 rings (SSSR count). The van der Waals surface area contributed by atoms with Gasteiger partial charge in [-0.3, -0.25) is 4.79 Å². The van der Waals surface area contributed by atoms with Crippen LogP contribution in [0.5, 0.6) is 0 Å². The molecule has 1 aromatic rings. The van der Waals surface area contributed by atoms with Gasteiger partial charge >= 0.3 is 5.97 Å². The third-order valence-electron chi connectivity index (χ3n) is 2.47. The predicted molar refractivity (Wildman–Crippen MR) is 59.3 cm³/mol. The van der Waals surface area contributed by atoms with Gasteiger partial charge in [-0.2, -0.15) is 0 Å². The van der Waals surface area contributed by atoms with E-state index in [-0.39, 0.29) is 5.78 Å². The molecule has 0 aliphatic heterocycles. The van der Waals surface area contributed by atoms with Crippen molar-refractivity contribution in [3.05, 3.63) is 35.4 Å². The summed E-state index contributed by atoms with van der Waals surface area (Å²) in [5, 5.41) is 0. The van der Waals surface area contributed by atoms with Gasteiger partial charge < -0.3 is 14.2 Å². The number of ketones is 1. The largest absolute Gasteiger partial charge is 0.350 e. The molecule has 0 atom stereocenters. The number of carbonyl (C=O) groups is 1. The molecule has 0 saturated heterocycles. The first-order valence-corrected chi connectivity index (χ1v) is 4.87. The molecule has 4 nitrogen and oxygen atoms in total. The molecule has 0 saturated carbocycles. The second-order valence-corrected chi connectivity index (χ2v) is 3.31. The van der Waals surface area contributed by atoms with Gasteiger partial charge in [0.1, 0.15) is 0 Å². The van der Waals surface area contributed by atoms with Gasteiger partial charge in [0.2, 0.25) is 0 Å². The van der Waals surface area contributed by atoms with Crippen molar-refractivity contribution in [2.24, 2.45) is 0 Å². The standard InChI is InChI=1S/C12H16O4/c1-9-7-5-6-8-10(9)11(13)12(14-2,15-3)16-4/h5-8H,1-4H3. The number of methoxy groups -OCH3 is 3. The fourth-order valence-electron chi connectivity index (χ4n) is 1.52. The van der Waals surface area contributed by atoms with Crippen LogP contribution in [0.1, 0.15) is 15.9 Å². The molecule has 0 spiro atoms. The molecule has 0 amide bonds. The molecule has 88 valence electrons. The maximum absolute atomic E-state index is 12.2. The summed E-state index contributed by atoms with van der Waals surface area (Å²) in [5.74, 6) is -2.01. The van der Waals surface area contributed by atoms with Crippen molar-refractivity contribution >= 4 is 5.78 Å². The van der Waals surface area contributed by atoms with Gasteiger partial charge in [0.05, 0.1) is 0 Å². The average molecular weight is 224 g/mol. The van der Waals surface area contributed by atoms with Crippen LogP contribution < -0.4 is 0 Å². The zero-order chi connectivity index (χ0) is 12.2. The Kier molecular flexibility index (Phi) is 4.18. The van der Waals surface area contributed by atoms with Crippen LogP contribution in [0.2, 0.25) is 0 Å². The van der Waals surface area contributed by atoms with Crippen molar-refractivity contribution < 1.29 is 19.0 Å². The van der Waals surface area contributed by atoms with Crippen LogP contribution in [0.15, 0.2) is 24.3 Å². The van der Waals surface area contributed by atoms with Crippen molar-refractivity contribution in [1.82, 2.24) is 0 Å². The summed E-state index contributed by atoms with van der Waals surface area (Å²) < 4.78 is 15.0. The van der Waals surface area contributed by atoms with Crippen LogP contribution in [0, 0.1) is 6.92 Å². The number of ether oxygens (including phenoxy) is 3. The van der Waals surface area contributed by atoms with Gasteiger partial charge in [0.25, 0.3) is 5.78 Å². The lowest BCUT2D eigenvalue weighted by molar-refractivity contribution is -0.312.